The minimum atomic E-state index is -4.47. The van der Waals surface area contributed by atoms with E-state index in [9.17, 15) is 26.4 Å². The van der Waals surface area contributed by atoms with Crippen LogP contribution in [-0.4, -0.2) is 35.2 Å². The highest BCUT2D eigenvalue weighted by atomic mass is 32.2. The van der Waals surface area contributed by atoms with Crippen LogP contribution in [0.2, 0.25) is 0 Å². The molecule has 0 saturated carbocycles. The van der Waals surface area contributed by atoms with E-state index >= 15 is 0 Å². The van der Waals surface area contributed by atoms with Gasteiger partial charge in [0.15, 0.2) is 5.69 Å². The van der Waals surface area contributed by atoms with Crippen LogP contribution < -0.4 is 4.72 Å². The highest BCUT2D eigenvalue weighted by Gasteiger charge is 2.29. The molecule has 0 aliphatic carbocycles. The Hall–Kier alpha value is -2.73. The van der Waals surface area contributed by atoms with Crippen LogP contribution in [-0.2, 0) is 10.0 Å². The molecule has 3 N–H and O–H groups in total. The van der Waals surface area contributed by atoms with Crippen molar-refractivity contribution in [3.8, 4) is 0 Å². The van der Waals surface area contributed by atoms with E-state index in [1.165, 1.54) is 18.2 Å². The maximum absolute atomic E-state index is 12.4. The topological polar surface area (TPSA) is 112 Å². The van der Waals surface area contributed by atoms with Crippen molar-refractivity contribution in [1.82, 2.24) is 10.2 Å². The summed E-state index contributed by atoms with van der Waals surface area (Å²) in [6, 6.07) is 8.36. The van der Waals surface area contributed by atoms with Gasteiger partial charge >= 0.3 is 11.5 Å². The summed E-state index contributed by atoms with van der Waals surface area (Å²) in [4.78, 5) is 10.7. The van der Waals surface area contributed by atoms with E-state index in [2.05, 4.69) is 14.9 Å². The number of carbonyl (C=O) groups is 1. The first-order chi connectivity index (χ1) is 12.5. The number of H-pyrrole nitrogens is 1. The number of anilines is 1. The molecule has 27 heavy (non-hydrogen) atoms. The van der Waals surface area contributed by atoms with Gasteiger partial charge in [-0.2, -0.15) is 18.3 Å². The van der Waals surface area contributed by atoms with Crippen LogP contribution in [0.4, 0.5) is 18.9 Å². The molecule has 12 heteroatoms. The Labute approximate surface area is 154 Å². The van der Waals surface area contributed by atoms with Gasteiger partial charge in [0.2, 0.25) is 0 Å². The zero-order valence-electron chi connectivity index (χ0n) is 13.1. The number of nitrogens with one attached hydrogen (secondary N) is 2. The summed E-state index contributed by atoms with van der Waals surface area (Å²) >= 11 is -0.344. The maximum atomic E-state index is 12.4. The molecule has 0 spiro atoms. The minimum Gasteiger partial charge on any atom is -0.476 e. The normalized spacial score (nSPS) is 12.3. The summed E-state index contributed by atoms with van der Waals surface area (Å²) in [7, 11) is -4.04. The standard InChI is InChI=1S/C15H10F3N3O4S2/c16-15(17,18)26-9-2-4-10(5-3-9)27(24,25)21-8-1-6-11-12(7-8)19-20-13(11)14(22)23/h1-7,21H,(H,19,20)(H,22,23). The van der Waals surface area contributed by atoms with Crippen molar-refractivity contribution in [2.75, 3.05) is 4.72 Å². The number of halogens is 3. The van der Waals surface area contributed by atoms with Crippen molar-refractivity contribution in [3.05, 3.63) is 48.2 Å². The molecule has 0 saturated heterocycles. The molecule has 0 atom stereocenters. The van der Waals surface area contributed by atoms with Crippen molar-refractivity contribution in [2.45, 2.75) is 15.3 Å². The quantitative estimate of drug-likeness (QED) is 0.546. The first-order valence-electron chi connectivity index (χ1n) is 7.15. The van der Waals surface area contributed by atoms with Gasteiger partial charge in [-0.3, -0.25) is 9.82 Å². The van der Waals surface area contributed by atoms with Gasteiger partial charge in [-0.25, -0.2) is 13.2 Å². The van der Waals surface area contributed by atoms with Gasteiger partial charge in [0, 0.05) is 10.3 Å². The van der Waals surface area contributed by atoms with E-state index in [0.29, 0.717) is 10.9 Å². The number of sulfonamides is 1. The SMILES string of the molecule is O=C(O)c1n[nH]c2cc(NS(=O)(=O)c3ccc(SC(F)(F)F)cc3)ccc12. The van der Waals surface area contributed by atoms with Crippen molar-refractivity contribution in [2.24, 2.45) is 0 Å². The highest BCUT2D eigenvalue weighted by molar-refractivity contribution is 8.00. The molecule has 142 valence electrons. The Morgan fingerprint density at radius 3 is 2.41 bits per heavy atom. The number of aromatic nitrogens is 2. The summed E-state index contributed by atoms with van der Waals surface area (Å²) in [6.07, 6.45) is 0. The fourth-order valence-corrected chi connectivity index (χ4v) is 3.87. The number of hydrogen-bond acceptors (Lipinski definition) is 5. The van der Waals surface area contributed by atoms with Gasteiger partial charge < -0.3 is 5.11 Å². The number of fused-ring (bicyclic) bond motifs is 1. The van der Waals surface area contributed by atoms with Crippen molar-refractivity contribution < 1.29 is 31.5 Å². The van der Waals surface area contributed by atoms with Crippen LogP contribution in [0.5, 0.6) is 0 Å². The lowest BCUT2D eigenvalue weighted by Crippen LogP contribution is -2.12. The molecular formula is C15H10F3N3O4S2. The summed E-state index contributed by atoms with van der Waals surface area (Å²) in [6.45, 7) is 0. The maximum Gasteiger partial charge on any atom is 0.446 e. The third-order valence-electron chi connectivity index (χ3n) is 3.39. The molecule has 2 aromatic carbocycles. The first kappa shape index (κ1) is 19.0. The van der Waals surface area contributed by atoms with E-state index in [-0.39, 0.29) is 32.9 Å². The highest BCUT2D eigenvalue weighted by Crippen LogP contribution is 2.37. The number of hydrogen-bond donors (Lipinski definition) is 3. The predicted molar refractivity (Wildman–Crippen MR) is 92.2 cm³/mol. The molecule has 0 aliphatic heterocycles. The van der Waals surface area contributed by atoms with Crippen molar-refractivity contribution >= 4 is 44.3 Å². The second-order valence-electron chi connectivity index (χ2n) is 5.26. The first-order valence-corrected chi connectivity index (χ1v) is 9.45. The number of aromatic amines is 1. The lowest BCUT2D eigenvalue weighted by molar-refractivity contribution is -0.0328. The van der Waals surface area contributed by atoms with E-state index in [1.54, 1.807) is 0 Å². The predicted octanol–water partition coefficient (Wildman–Crippen LogP) is 3.67. The number of aromatic carboxylic acids is 1. The molecule has 0 fully saturated rings. The molecule has 7 nitrogen and oxygen atoms in total. The Morgan fingerprint density at radius 2 is 1.81 bits per heavy atom. The van der Waals surface area contributed by atoms with Crippen molar-refractivity contribution in [1.29, 1.82) is 0 Å². The fraction of sp³-hybridized carbons (Fsp3) is 0.0667. The second kappa shape index (κ2) is 6.78. The molecule has 3 aromatic rings. The molecular weight excluding hydrogens is 407 g/mol. The zero-order chi connectivity index (χ0) is 19.8. The van der Waals surface area contributed by atoms with E-state index in [0.717, 1.165) is 24.3 Å². The van der Waals surface area contributed by atoms with Crippen molar-refractivity contribution in [3.63, 3.8) is 0 Å². The van der Waals surface area contributed by atoms with E-state index in [1.807, 2.05) is 0 Å². The minimum absolute atomic E-state index is 0.136. The molecule has 0 radical (unpaired) electrons. The molecule has 0 bridgehead atoms. The van der Waals surface area contributed by atoms with Crippen LogP contribution in [0.15, 0.2) is 52.3 Å². The fourth-order valence-electron chi connectivity index (χ4n) is 2.28. The molecule has 1 aromatic heterocycles. The summed E-state index contributed by atoms with van der Waals surface area (Å²) in [5, 5.41) is 15.4. The van der Waals surface area contributed by atoms with Gasteiger partial charge in [0.25, 0.3) is 10.0 Å². The third-order valence-corrected chi connectivity index (χ3v) is 5.52. The molecule has 1 heterocycles. The zero-order valence-corrected chi connectivity index (χ0v) is 14.7. The number of benzene rings is 2. The molecule has 3 rings (SSSR count). The largest absolute Gasteiger partial charge is 0.476 e. The summed E-state index contributed by atoms with van der Waals surface area (Å²) < 4.78 is 64.0. The van der Waals surface area contributed by atoms with Gasteiger partial charge in [0.05, 0.1) is 16.1 Å². The molecule has 0 unspecified atom stereocenters. The average Bonchev–Trinajstić information content (AvgIpc) is 2.96. The van der Waals surface area contributed by atoms with Gasteiger partial charge in [-0.1, -0.05) is 0 Å². The van der Waals surface area contributed by atoms with Crippen LogP contribution in [0.1, 0.15) is 10.5 Å². The number of rotatable bonds is 5. The summed E-state index contributed by atoms with van der Waals surface area (Å²) in [5.41, 5.74) is -4.22. The van der Waals surface area contributed by atoms with Crippen LogP contribution in [0, 0.1) is 0 Å². The number of thioether (sulfide) groups is 1. The monoisotopic (exact) mass is 417 g/mol. The smallest absolute Gasteiger partial charge is 0.446 e. The number of nitrogens with zero attached hydrogens (tertiary/aromatic N) is 1. The molecule has 0 aliphatic rings. The van der Waals surface area contributed by atoms with Crippen LogP contribution in [0.3, 0.4) is 0 Å². The average molecular weight is 417 g/mol. The lowest BCUT2D eigenvalue weighted by Gasteiger charge is -2.09. The van der Waals surface area contributed by atoms with Crippen LogP contribution >= 0.6 is 11.8 Å². The Morgan fingerprint density at radius 1 is 1.15 bits per heavy atom. The summed E-state index contributed by atoms with van der Waals surface area (Å²) in [5.74, 6) is -1.23. The third kappa shape index (κ3) is 4.34. The van der Waals surface area contributed by atoms with E-state index in [4.69, 9.17) is 5.11 Å². The Balaban J connectivity index is 1.84. The number of carboxylic acid groups (broad SMARTS) is 1. The Kier molecular flexibility index (Phi) is 4.78. The van der Waals surface area contributed by atoms with Gasteiger partial charge in [-0.05, 0) is 54.2 Å². The van der Waals surface area contributed by atoms with Gasteiger partial charge in [0.1, 0.15) is 0 Å². The second-order valence-corrected chi connectivity index (χ2v) is 8.08. The molecule has 0 amide bonds. The number of carboxylic acids is 1. The number of alkyl halides is 3. The lowest BCUT2D eigenvalue weighted by atomic mass is 10.2. The Bertz CT molecular complexity index is 1110. The van der Waals surface area contributed by atoms with E-state index < -0.39 is 21.5 Å². The van der Waals surface area contributed by atoms with Crippen LogP contribution in [0.25, 0.3) is 10.9 Å². The van der Waals surface area contributed by atoms with Gasteiger partial charge in [-0.15, -0.1) is 0 Å².